The van der Waals surface area contributed by atoms with Gasteiger partial charge in [-0.2, -0.15) is 5.10 Å². The number of amides is 1. The third kappa shape index (κ3) is 4.12. The summed E-state index contributed by atoms with van der Waals surface area (Å²) in [5.41, 5.74) is 0.821. The van der Waals surface area contributed by atoms with E-state index in [0.29, 0.717) is 10.3 Å². The maximum Gasteiger partial charge on any atom is 0.258 e. The van der Waals surface area contributed by atoms with Gasteiger partial charge in [0.15, 0.2) is 0 Å². The summed E-state index contributed by atoms with van der Waals surface area (Å²) >= 11 is 0. The van der Waals surface area contributed by atoms with Crippen molar-refractivity contribution in [2.75, 3.05) is 5.32 Å². The van der Waals surface area contributed by atoms with Crippen molar-refractivity contribution in [1.82, 2.24) is 9.78 Å². The summed E-state index contributed by atoms with van der Waals surface area (Å²) in [6.45, 7) is 3.20. The second-order valence-electron chi connectivity index (χ2n) is 5.64. The van der Waals surface area contributed by atoms with Crippen molar-refractivity contribution in [2.24, 2.45) is 0 Å². The number of carbonyl (C=O) groups excluding carboxylic acids is 1. The number of para-hydroxylation sites is 1. The van der Waals surface area contributed by atoms with E-state index < -0.39 is 17.5 Å². The van der Waals surface area contributed by atoms with E-state index >= 15 is 0 Å². The standard InChI is InChI=1S/C19H14F2N4O2/c1-2-19(26)23-17-9-14(7-8-15(17)20)25(27)12-13-10-22-24(11-13)18-6-4-3-5-16(18)21/h2-11H,1,12H2/p+1. The number of rotatable bonds is 6. The van der Waals surface area contributed by atoms with Gasteiger partial charge >= 0.3 is 0 Å². The number of aromatic nitrogens is 2. The first-order valence-corrected chi connectivity index (χ1v) is 7.94. The number of nitroso groups, excluding NO2 is 1. The number of halogens is 2. The molecule has 1 N–H and O–H groups in total. The molecule has 0 bridgehead atoms. The van der Waals surface area contributed by atoms with Crippen LogP contribution in [0.5, 0.6) is 0 Å². The van der Waals surface area contributed by atoms with Crippen molar-refractivity contribution in [3.8, 4) is 5.69 Å². The quantitative estimate of drug-likeness (QED) is 0.530. The topological polar surface area (TPSA) is 67.0 Å². The molecule has 0 saturated carbocycles. The summed E-state index contributed by atoms with van der Waals surface area (Å²) in [4.78, 5) is 23.7. The fourth-order valence-electron chi connectivity index (χ4n) is 2.42. The molecule has 0 unspecified atom stereocenters. The van der Waals surface area contributed by atoms with E-state index in [1.165, 1.54) is 35.3 Å². The first-order valence-electron chi connectivity index (χ1n) is 7.94. The molecule has 8 heteroatoms. The molecule has 27 heavy (non-hydrogen) atoms. The maximum atomic E-state index is 13.8. The number of nitrogens with zero attached hydrogens (tertiary/aromatic N) is 3. The van der Waals surface area contributed by atoms with E-state index in [2.05, 4.69) is 17.0 Å². The van der Waals surface area contributed by atoms with Crippen LogP contribution in [-0.2, 0) is 11.3 Å². The van der Waals surface area contributed by atoms with Crippen molar-refractivity contribution in [3.05, 3.63) is 89.6 Å². The number of nitrogens with one attached hydrogen (secondary N) is 1. The van der Waals surface area contributed by atoms with E-state index in [1.54, 1.807) is 18.2 Å². The Balaban J connectivity index is 1.78. The molecule has 3 aromatic rings. The average molecular weight is 369 g/mol. The van der Waals surface area contributed by atoms with Gasteiger partial charge in [0.25, 0.3) is 5.69 Å². The lowest BCUT2D eigenvalue weighted by Crippen LogP contribution is -2.09. The molecule has 0 aliphatic carbocycles. The molecular formula is C19H15F2N4O2+. The molecule has 3 rings (SSSR count). The Kier molecular flexibility index (Phi) is 5.16. The van der Waals surface area contributed by atoms with Crippen LogP contribution >= 0.6 is 0 Å². The fraction of sp³-hybridized carbons (Fsp3) is 0.0526. The molecule has 0 saturated heterocycles. The highest BCUT2D eigenvalue weighted by molar-refractivity contribution is 5.99. The largest absolute Gasteiger partial charge is 0.320 e. The highest BCUT2D eigenvalue weighted by Crippen LogP contribution is 2.23. The van der Waals surface area contributed by atoms with Gasteiger partial charge in [0.1, 0.15) is 17.3 Å². The highest BCUT2D eigenvalue weighted by atomic mass is 19.1. The minimum atomic E-state index is -0.672. The molecule has 0 spiro atoms. The van der Waals surface area contributed by atoms with E-state index in [4.69, 9.17) is 0 Å². The molecular weight excluding hydrogens is 354 g/mol. The number of hydrogen-bond donors (Lipinski definition) is 1. The van der Waals surface area contributed by atoms with Crippen molar-refractivity contribution in [1.29, 1.82) is 0 Å². The third-order valence-corrected chi connectivity index (χ3v) is 3.74. The molecule has 1 heterocycles. The summed E-state index contributed by atoms with van der Waals surface area (Å²) in [6.07, 6.45) is 3.98. The van der Waals surface area contributed by atoms with Crippen LogP contribution in [0.15, 0.2) is 67.5 Å². The smallest absolute Gasteiger partial charge is 0.258 e. The Morgan fingerprint density at radius 1 is 1.22 bits per heavy atom. The lowest BCUT2D eigenvalue weighted by atomic mass is 10.2. The molecule has 1 amide bonds. The molecule has 1 aromatic heterocycles. The van der Waals surface area contributed by atoms with Crippen LogP contribution < -0.4 is 5.32 Å². The molecule has 0 aliphatic rings. The first kappa shape index (κ1) is 18.1. The highest BCUT2D eigenvalue weighted by Gasteiger charge is 2.19. The summed E-state index contributed by atoms with van der Waals surface area (Å²) in [7, 11) is 0. The lowest BCUT2D eigenvalue weighted by Gasteiger charge is -2.03. The zero-order chi connectivity index (χ0) is 19.4. The fourth-order valence-corrected chi connectivity index (χ4v) is 2.42. The molecule has 0 radical (unpaired) electrons. The second-order valence-corrected chi connectivity index (χ2v) is 5.64. The van der Waals surface area contributed by atoms with E-state index in [9.17, 15) is 18.5 Å². The number of hydrogen-bond acceptors (Lipinski definition) is 3. The minimum Gasteiger partial charge on any atom is -0.320 e. The predicted octanol–water partition coefficient (Wildman–Crippen LogP) is 3.89. The summed E-state index contributed by atoms with van der Waals surface area (Å²) in [6, 6.07) is 9.74. The number of carbonyl (C=O) groups is 1. The molecule has 2 aromatic carbocycles. The van der Waals surface area contributed by atoms with Crippen LogP contribution in [0.3, 0.4) is 0 Å². The van der Waals surface area contributed by atoms with E-state index in [1.807, 2.05) is 0 Å². The van der Waals surface area contributed by atoms with Gasteiger partial charge in [-0.25, -0.2) is 13.5 Å². The number of anilines is 1. The van der Waals surface area contributed by atoms with Gasteiger partial charge in [-0.1, -0.05) is 18.7 Å². The van der Waals surface area contributed by atoms with Gasteiger partial charge in [0.2, 0.25) is 12.5 Å². The van der Waals surface area contributed by atoms with E-state index in [-0.39, 0.29) is 23.6 Å². The number of benzene rings is 2. The normalized spacial score (nSPS) is 10.4. The third-order valence-electron chi connectivity index (χ3n) is 3.74. The molecule has 136 valence electrons. The maximum absolute atomic E-state index is 13.8. The van der Waals surface area contributed by atoms with Gasteiger partial charge < -0.3 is 5.32 Å². The molecule has 0 atom stereocenters. The lowest BCUT2D eigenvalue weighted by molar-refractivity contribution is -0.480. The van der Waals surface area contributed by atoms with Crippen LogP contribution in [-0.4, -0.2) is 20.4 Å². The minimum absolute atomic E-state index is 0.0884. The van der Waals surface area contributed by atoms with Gasteiger partial charge in [-0.3, -0.25) is 4.79 Å². The molecule has 0 fully saturated rings. The summed E-state index contributed by atoms with van der Waals surface area (Å²) in [5, 5.41) is 6.35. The van der Waals surface area contributed by atoms with Gasteiger partial charge in [0, 0.05) is 28.0 Å². The van der Waals surface area contributed by atoms with Crippen molar-refractivity contribution in [2.45, 2.75) is 6.54 Å². The van der Waals surface area contributed by atoms with Gasteiger partial charge in [-0.05, 0) is 24.3 Å². The first-order chi connectivity index (χ1) is 13.0. The summed E-state index contributed by atoms with van der Waals surface area (Å²) in [5.74, 6) is -1.70. The van der Waals surface area contributed by atoms with Crippen LogP contribution in [0.4, 0.5) is 20.2 Å². The van der Waals surface area contributed by atoms with Gasteiger partial charge in [0.05, 0.1) is 17.4 Å². The summed E-state index contributed by atoms with van der Waals surface area (Å²) < 4.78 is 29.5. The Bertz CT molecular complexity index is 1030. The van der Waals surface area contributed by atoms with E-state index in [0.717, 1.165) is 12.1 Å². The van der Waals surface area contributed by atoms with Crippen LogP contribution in [0.25, 0.3) is 5.69 Å². The Hall–Kier alpha value is -3.68. The van der Waals surface area contributed by atoms with Crippen molar-refractivity contribution >= 4 is 17.3 Å². The van der Waals surface area contributed by atoms with Crippen LogP contribution in [0.2, 0.25) is 0 Å². The van der Waals surface area contributed by atoms with Gasteiger partial charge in [-0.15, -0.1) is 0 Å². The molecule has 6 nitrogen and oxygen atoms in total. The molecule has 0 aliphatic heterocycles. The van der Waals surface area contributed by atoms with Crippen molar-refractivity contribution in [3.63, 3.8) is 0 Å². The van der Waals surface area contributed by atoms with Crippen LogP contribution in [0.1, 0.15) is 5.56 Å². The Morgan fingerprint density at radius 3 is 2.74 bits per heavy atom. The second kappa shape index (κ2) is 7.69. The average Bonchev–Trinajstić information content (AvgIpc) is 3.11. The zero-order valence-corrected chi connectivity index (χ0v) is 14.1. The van der Waals surface area contributed by atoms with Crippen LogP contribution in [0, 0.1) is 16.5 Å². The monoisotopic (exact) mass is 369 g/mol. The Labute approximate surface area is 153 Å². The zero-order valence-electron chi connectivity index (χ0n) is 14.1. The SMILES string of the molecule is C=CC(=O)Nc1cc([N+](=O)Cc2cnn(-c3ccccc3F)c2)ccc1F. The predicted molar refractivity (Wildman–Crippen MR) is 95.7 cm³/mol. The van der Waals surface area contributed by atoms with Crippen molar-refractivity contribution < 1.29 is 18.3 Å². The Morgan fingerprint density at radius 2 is 2.00 bits per heavy atom.